The van der Waals surface area contributed by atoms with Gasteiger partial charge in [-0.05, 0) is 28.1 Å². The topological polar surface area (TPSA) is 104 Å². The predicted octanol–water partition coefficient (Wildman–Crippen LogP) is 0.773. The lowest BCUT2D eigenvalue weighted by atomic mass is 9.99. The summed E-state index contributed by atoms with van der Waals surface area (Å²) in [7, 11) is 1.81. The van der Waals surface area contributed by atoms with E-state index in [1.54, 1.807) is 10.8 Å². The summed E-state index contributed by atoms with van der Waals surface area (Å²) in [4.78, 5) is 0. The maximum atomic E-state index is 10.1. The second kappa shape index (κ2) is 6.80. The first-order chi connectivity index (χ1) is 11.3. The van der Waals surface area contributed by atoms with Gasteiger partial charge < -0.3 is 34.5 Å². The van der Waals surface area contributed by atoms with Gasteiger partial charge in [-0.15, -0.1) is 0 Å². The molecule has 0 amide bonds. The Kier molecular flexibility index (Phi) is 5.08. The SMILES string of the molecule is Cn1cc(O[C@@H]2O[C@H](CO)[C@@H](O)[C@H](O)[C@H]2O)c2c(Cl)c(Br)ccc21. The van der Waals surface area contributed by atoms with Gasteiger partial charge in [0.1, 0.15) is 30.2 Å². The Morgan fingerprint density at radius 1 is 1.25 bits per heavy atom. The summed E-state index contributed by atoms with van der Waals surface area (Å²) in [5, 5.41) is 40.1. The third-order valence-electron chi connectivity index (χ3n) is 4.10. The average Bonchev–Trinajstić information content (AvgIpc) is 2.87. The van der Waals surface area contributed by atoms with E-state index in [1.165, 1.54) is 0 Å². The molecule has 2 aromatic rings. The summed E-state index contributed by atoms with van der Waals surface area (Å²) in [5.74, 6) is 0.350. The Labute approximate surface area is 151 Å². The molecule has 4 N–H and O–H groups in total. The molecule has 3 rings (SSSR count). The highest BCUT2D eigenvalue weighted by atomic mass is 79.9. The number of fused-ring (bicyclic) bond motifs is 1. The maximum Gasteiger partial charge on any atom is 0.229 e. The molecule has 1 saturated heterocycles. The summed E-state index contributed by atoms with van der Waals surface area (Å²) in [6.45, 7) is -0.521. The van der Waals surface area contributed by atoms with Crippen LogP contribution in [0.2, 0.25) is 5.02 Å². The summed E-state index contributed by atoms with van der Waals surface area (Å²) < 4.78 is 13.6. The smallest absolute Gasteiger partial charge is 0.229 e. The summed E-state index contributed by atoms with van der Waals surface area (Å²) in [6, 6.07) is 3.66. The average molecular weight is 423 g/mol. The van der Waals surface area contributed by atoms with Crippen LogP contribution in [0.15, 0.2) is 22.8 Å². The molecule has 9 heteroatoms. The number of benzene rings is 1. The Balaban J connectivity index is 1.96. The summed E-state index contributed by atoms with van der Waals surface area (Å²) in [5.41, 5.74) is 0.808. The van der Waals surface area contributed by atoms with Crippen LogP contribution < -0.4 is 4.74 Å². The van der Waals surface area contributed by atoms with Gasteiger partial charge in [0, 0.05) is 17.7 Å². The highest BCUT2D eigenvalue weighted by Crippen LogP contribution is 2.39. The highest BCUT2D eigenvalue weighted by molar-refractivity contribution is 9.10. The van der Waals surface area contributed by atoms with Crippen molar-refractivity contribution >= 4 is 38.4 Å². The minimum Gasteiger partial charge on any atom is -0.460 e. The van der Waals surface area contributed by atoms with Crippen LogP contribution in [0.4, 0.5) is 0 Å². The molecule has 5 atom stereocenters. The normalized spacial score (nSPS) is 30.7. The van der Waals surface area contributed by atoms with E-state index in [0.717, 1.165) is 5.52 Å². The van der Waals surface area contributed by atoms with Crippen LogP contribution in [0.25, 0.3) is 10.9 Å². The van der Waals surface area contributed by atoms with Crippen molar-refractivity contribution in [1.82, 2.24) is 4.57 Å². The summed E-state index contributed by atoms with van der Waals surface area (Å²) in [6.07, 6.45) is -5.05. The molecule has 0 unspecified atom stereocenters. The molecule has 1 fully saturated rings. The van der Waals surface area contributed by atoms with E-state index in [-0.39, 0.29) is 0 Å². The van der Waals surface area contributed by atoms with Crippen molar-refractivity contribution in [3.8, 4) is 5.75 Å². The standard InChI is InChI=1S/C15H17BrClNO6/c1-18-4-8(10-7(18)3-2-6(16)11(10)17)23-15-14(22)13(21)12(20)9(5-19)24-15/h2-4,9,12-15,19-22H,5H2,1H3/t9-,12-,13+,14-,15-/m1/s1. The fourth-order valence-electron chi connectivity index (χ4n) is 2.76. The second-order valence-corrected chi connectivity index (χ2v) is 6.91. The molecule has 24 heavy (non-hydrogen) atoms. The molecule has 7 nitrogen and oxygen atoms in total. The Morgan fingerprint density at radius 2 is 1.96 bits per heavy atom. The molecule has 0 saturated carbocycles. The van der Waals surface area contributed by atoms with Crippen LogP contribution in [-0.4, -0.2) is 62.3 Å². The van der Waals surface area contributed by atoms with Crippen LogP contribution in [-0.2, 0) is 11.8 Å². The third kappa shape index (κ3) is 2.92. The van der Waals surface area contributed by atoms with Crippen molar-refractivity contribution in [2.24, 2.45) is 7.05 Å². The van der Waals surface area contributed by atoms with Crippen molar-refractivity contribution in [1.29, 1.82) is 0 Å². The molecule has 0 aliphatic carbocycles. The highest BCUT2D eigenvalue weighted by Gasteiger charge is 2.45. The van der Waals surface area contributed by atoms with Crippen molar-refractivity contribution < 1.29 is 29.9 Å². The van der Waals surface area contributed by atoms with Crippen molar-refractivity contribution in [2.75, 3.05) is 6.61 Å². The van der Waals surface area contributed by atoms with Gasteiger partial charge >= 0.3 is 0 Å². The zero-order chi connectivity index (χ0) is 17.6. The Hall–Kier alpha value is -0.870. The van der Waals surface area contributed by atoms with E-state index < -0.39 is 37.3 Å². The van der Waals surface area contributed by atoms with Crippen molar-refractivity contribution in [3.05, 3.63) is 27.8 Å². The molecule has 2 heterocycles. The number of aromatic nitrogens is 1. The fraction of sp³-hybridized carbons (Fsp3) is 0.467. The number of rotatable bonds is 3. The van der Waals surface area contributed by atoms with Gasteiger partial charge in [-0.2, -0.15) is 0 Å². The molecule has 0 spiro atoms. The van der Waals surface area contributed by atoms with Crippen LogP contribution in [0.3, 0.4) is 0 Å². The molecule has 0 bridgehead atoms. The first-order valence-electron chi connectivity index (χ1n) is 7.25. The van der Waals surface area contributed by atoms with E-state index in [0.29, 0.717) is 20.6 Å². The molecule has 1 aromatic heterocycles. The van der Waals surface area contributed by atoms with Gasteiger partial charge in [0.25, 0.3) is 0 Å². The number of ether oxygens (including phenoxy) is 2. The van der Waals surface area contributed by atoms with Gasteiger partial charge in [-0.25, -0.2) is 0 Å². The number of nitrogens with zero attached hydrogens (tertiary/aromatic N) is 1. The fourth-order valence-corrected chi connectivity index (χ4v) is 3.34. The molecular formula is C15H17BrClNO6. The number of halogens is 2. The maximum absolute atomic E-state index is 10.1. The quantitative estimate of drug-likeness (QED) is 0.583. The lowest BCUT2D eigenvalue weighted by Crippen LogP contribution is -2.60. The van der Waals surface area contributed by atoms with Crippen molar-refractivity contribution in [3.63, 3.8) is 0 Å². The van der Waals surface area contributed by atoms with E-state index in [2.05, 4.69) is 15.9 Å². The van der Waals surface area contributed by atoms with Gasteiger partial charge in [0.15, 0.2) is 0 Å². The Morgan fingerprint density at radius 3 is 2.62 bits per heavy atom. The molecular weight excluding hydrogens is 406 g/mol. The van der Waals surface area contributed by atoms with Gasteiger partial charge in [-0.3, -0.25) is 0 Å². The van der Waals surface area contributed by atoms with E-state index in [4.69, 9.17) is 21.1 Å². The number of hydrogen-bond donors (Lipinski definition) is 4. The van der Waals surface area contributed by atoms with Gasteiger partial charge in [0.05, 0.1) is 22.5 Å². The molecule has 132 valence electrons. The van der Waals surface area contributed by atoms with Crippen LogP contribution in [0.5, 0.6) is 5.75 Å². The van der Waals surface area contributed by atoms with E-state index in [1.807, 2.05) is 19.2 Å². The first kappa shape index (κ1) is 17.9. The zero-order valence-electron chi connectivity index (χ0n) is 12.6. The van der Waals surface area contributed by atoms with Crippen LogP contribution in [0, 0.1) is 0 Å². The van der Waals surface area contributed by atoms with Crippen LogP contribution >= 0.6 is 27.5 Å². The van der Waals surface area contributed by atoms with Gasteiger partial charge in [0.2, 0.25) is 6.29 Å². The number of aliphatic hydroxyl groups excluding tert-OH is 4. The largest absolute Gasteiger partial charge is 0.460 e. The lowest BCUT2D eigenvalue weighted by Gasteiger charge is -2.39. The molecule has 0 radical (unpaired) electrons. The molecule has 1 aliphatic heterocycles. The van der Waals surface area contributed by atoms with Crippen LogP contribution in [0.1, 0.15) is 0 Å². The van der Waals surface area contributed by atoms with Gasteiger partial charge in [-0.1, -0.05) is 11.6 Å². The number of hydrogen-bond acceptors (Lipinski definition) is 6. The minimum atomic E-state index is -1.50. The molecule has 1 aromatic carbocycles. The zero-order valence-corrected chi connectivity index (χ0v) is 15.0. The molecule has 1 aliphatic rings. The van der Waals surface area contributed by atoms with E-state index >= 15 is 0 Å². The predicted molar refractivity (Wildman–Crippen MR) is 90.0 cm³/mol. The summed E-state index contributed by atoms with van der Waals surface area (Å²) >= 11 is 9.68. The van der Waals surface area contributed by atoms with Crippen molar-refractivity contribution in [2.45, 2.75) is 30.7 Å². The monoisotopic (exact) mass is 421 g/mol. The minimum absolute atomic E-state index is 0.350. The third-order valence-corrected chi connectivity index (χ3v) is 5.38. The Bertz CT molecular complexity index is 751. The lowest BCUT2D eigenvalue weighted by molar-refractivity contribution is -0.277. The first-order valence-corrected chi connectivity index (χ1v) is 8.42. The second-order valence-electron chi connectivity index (χ2n) is 5.67. The number of aryl methyl sites for hydroxylation is 1. The number of aliphatic hydroxyl groups is 4. The van der Waals surface area contributed by atoms with E-state index in [9.17, 15) is 20.4 Å².